The Morgan fingerprint density at radius 3 is 2.20 bits per heavy atom. The molecule has 210 valence electrons. The van der Waals surface area contributed by atoms with Crippen molar-refractivity contribution in [3.63, 3.8) is 0 Å². The summed E-state index contributed by atoms with van der Waals surface area (Å²) in [6.45, 7) is 1.67. The van der Waals surface area contributed by atoms with Gasteiger partial charge in [0, 0.05) is 17.5 Å². The molecule has 1 heterocycles. The third-order valence-corrected chi connectivity index (χ3v) is 7.23. The molecular weight excluding hydrogens is 555 g/mol. The van der Waals surface area contributed by atoms with Gasteiger partial charge in [0.25, 0.3) is 11.8 Å². The van der Waals surface area contributed by atoms with E-state index in [1.54, 1.807) is 6.92 Å². The summed E-state index contributed by atoms with van der Waals surface area (Å²) in [5, 5.41) is 6.83. The van der Waals surface area contributed by atoms with Crippen molar-refractivity contribution in [1.29, 1.82) is 0 Å². The van der Waals surface area contributed by atoms with Crippen LogP contribution in [-0.4, -0.2) is 17.5 Å². The number of carbonyl (C=O) groups is 2. The van der Waals surface area contributed by atoms with E-state index in [0.717, 1.165) is 29.3 Å². The summed E-state index contributed by atoms with van der Waals surface area (Å²) in [7, 11) is 0. The normalized spacial score (nSPS) is 14.1. The van der Waals surface area contributed by atoms with Crippen molar-refractivity contribution in [2.75, 3.05) is 5.32 Å². The number of amides is 2. The number of furan rings is 1. The van der Waals surface area contributed by atoms with E-state index in [1.165, 1.54) is 0 Å². The molecule has 0 atom stereocenters. The molecule has 0 bridgehead atoms. The smallest absolute Gasteiger partial charge is 0.416 e. The Morgan fingerprint density at radius 1 is 0.951 bits per heavy atom. The fourth-order valence-electron chi connectivity index (χ4n) is 4.95. The van der Waals surface area contributed by atoms with Crippen molar-refractivity contribution in [1.82, 2.24) is 5.43 Å². The van der Waals surface area contributed by atoms with E-state index >= 15 is 0 Å². The Balaban J connectivity index is 1.40. The predicted octanol–water partition coefficient (Wildman–Crippen LogP) is 7.50. The van der Waals surface area contributed by atoms with Gasteiger partial charge in [-0.05, 0) is 49.1 Å². The molecule has 0 radical (unpaired) electrons. The van der Waals surface area contributed by atoms with Crippen LogP contribution < -0.4 is 10.7 Å². The summed E-state index contributed by atoms with van der Waals surface area (Å²) >= 11 is 6.05. The molecule has 6 nitrogen and oxygen atoms in total. The number of anilines is 1. The summed E-state index contributed by atoms with van der Waals surface area (Å²) < 4.78 is 45.4. The fourth-order valence-corrected chi connectivity index (χ4v) is 5.11. The Labute approximate surface area is 239 Å². The first-order valence-electron chi connectivity index (χ1n) is 12.9. The summed E-state index contributed by atoms with van der Waals surface area (Å²) in [5.41, 5.74) is 4.83. The maximum atomic E-state index is 13.4. The van der Waals surface area contributed by atoms with Crippen LogP contribution in [0, 0.1) is 6.92 Å². The molecule has 0 spiro atoms. The minimum atomic E-state index is -4.60. The van der Waals surface area contributed by atoms with Gasteiger partial charge in [-0.1, -0.05) is 72.3 Å². The van der Waals surface area contributed by atoms with Crippen LogP contribution in [-0.2, 0) is 17.4 Å². The number of fused-ring (bicyclic) bond motifs is 1. The van der Waals surface area contributed by atoms with Gasteiger partial charge in [0.2, 0.25) is 0 Å². The molecule has 2 N–H and O–H groups in total. The minimum absolute atomic E-state index is 0.0447. The highest BCUT2D eigenvalue weighted by Gasteiger charge is 2.32. The maximum absolute atomic E-state index is 13.4. The molecule has 1 aromatic heterocycles. The van der Waals surface area contributed by atoms with Crippen molar-refractivity contribution < 1.29 is 27.2 Å². The molecule has 0 aliphatic heterocycles. The second kappa shape index (κ2) is 11.6. The van der Waals surface area contributed by atoms with Crippen LogP contribution in [0.15, 0.2) is 88.4 Å². The second-order valence-corrected chi connectivity index (χ2v) is 10.1. The Kier molecular flexibility index (Phi) is 7.99. The van der Waals surface area contributed by atoms with Crippen LogP contribution in [0.3, 0.4) is 0 Å². The van der Waals surface area contributed by atoms with E-state index in [1.807, 2.05) is 60.7 Å². The van der Waals surface area contributed by atoms with Crippen LogP contribution >= 0.6 is 11.6 Å². The molecule has 1 aliphatic carbocycles. The third kappa shape index (κ3) is 6.05. The number of hydrazone groups is 1. The lowest BCUT2D eigenvalue weighted by atomic mass is 9.90. The molecule has 0 unspecified atom stereocenters. The van der Waals surface area contributed by atoms with Crippen molar-refractivity contribution in [3.8, 4) is 0 Å². The first-order valence-corrected chi connectivity index (χ1v) is 13.3. The molecule has 1 aliphatic rings. The Morgan fingerprint density at radius 2 is 1.59 bits per heavy atom. The van der Waals surface area contributed by atoms with Crippen LogP contribution in [0.5, 0.6) is 0 Å². The SMILES string of the molecule is Cc1c(C(=O)Nc2cc(C(F)(F)F)ccc2Cl)oc2c1/C(=N/NC(=O)C(c1ccccc1)c1ccccc1)CCC2. The molecule has 41 heavy (non-hydrogen) atoms. The monoisotopic (exact) mass is 579 g/mol. The number of halogens is 4. The molecule has 3 aromatic carbocycles. The van der Waals surface area contributed by atoms with E-state index < -0.39 is 23.6 Å². The quantitative estimate of drug-likeness (QED) is 0.232. The van der Waals surface area contributed by atoms with E-state index in [4.69, 9.17) is 16.0 Å². The Bertz CT molecular complexity index is 1580. The lowest BCUT2D eigenvalue weighted by Gasteiger charge is -2.18. The van der Waals surface area contributed by atoms with Gasteiger partial charge in [0.05, 0.1) is 27.9 Å². The zero-order chi connectivity index (χ0) is 29.1. The highest BCUT2D eigenvalue weighted by Crippen LogP contribution is 2.35. The fraction of sp³-hybridized carbons (Fsp3) is 0.194. The minimum Gasteiger partial charge on any atom is -0.455 e. The summed E-state index contributed by atoms with van der Waals surface area (Å²) in [6.07, 6.45) is -2.84. The van der Waals surface area contributed by atoms with Crippen LogP contribution in [0.4, 0.5) is 18.9 Å². The van der Waals surface area contributed by atoms with E-state index in [0.29, 0.717) is 41.9 Å². The number of hydrogen-bond acceptors (Lipinski definition) is 4. The van der Waals surface area contributed by atoms with Gasteiger partial charge in [-0.2, -0.15) is 18.3 Å². The van der Waals surface area contributed by atoms with Crippen molar-refractivity contribution in [2.45, 2.75) is 38.3 Å². The van der Waals surface area contributed by atoms with Crippen LogP contribution in [0.25, 0.3) is 0 Å². The molecule has 4 aromatic rings. The molecule has 10 heteroatoms. The van der Waals surface area contributed by atoms with Gasteiger partial charge in [-0.3, -0.25) is 9.59 Å². The van der Waals surface area contributed by atoms with E-state index in [9.17, 15) is 22.8 Å². The molecule has 5 rings (SSSR count). The number of carbonyl (C=O) groups excluding carboxylic acids is 2. The van der Waals surface area contributed by atoms with Crippen molar-refractivity contribution in [3.05, 3.63) is 123 Å². The lowest BCUT2D eigenvalue weighted by molar-refractivity contribution is -0.137. The summed E-state index contributed by atoms with van der Waals surface area (Å²) in [6, 6.07) is 21.4. The average molecular weight is 580 g/mol. The number of benzene rings is 3. The largest absolute Gasteiger partial charge is 0.455 e. The summed E-state index contributed by atoms with van der Waals surface area (Å²) in [4.78, 5) is 26.5. The van der Waals surface area contributed by atoms with Crippen LogP contribution in [0.1, 0.15) is 62.9 Å². The van der Waals surface area contributed by atoms with E-state index in [-0.39, 0.29) is 22.4 Å². The number of hydrogen-bond donors (Lipinski definition) is 2. The zero-order valence-electron chi connectivity index (χ0n) is 21.9. The second-order valence-electron chi connectivity index (χ2n) is 9.64. The van der Waals surface area contributed by atoms with E-state index in [2.05, 4.69) is 15.8 Å². The Hall–Kier alpha value is -4.37. The first kappa shape index (κ1) is 28.2. The number of rotatable bonds is 6. The standard InChI is InChI=1S/C31H25ClF3N3O3/c1-18-26-23(37-38-29(39)27(19-9-4-2-5-10-19)20-11-6-3-7-12-20)13-8-14-25(26)41-28(18)30(40)36-24-17-21(31(33,34)35)15-16-22(24)32/h2-7,9-12,15-17,27H,8,13-14H2,1H3,(H,36,40)(H,38,39)/b37-23+. The predicted molar refractivity (Wildman–Crippen MR) is 150 cm³/mol. The highest BCUT2D eigenvalue weighted by atomic mass is 35.5. The van der Waals surface area contributed by atoms with Gasteiger partial charge < -0.3 is 9.73 Å². The molecule has 0 saturated carbocycles. The number of aryl methyl sites for hydroxylation is 1. The van der Waals surface area contributed by atoms with Gasteiger partial charge in [-0.25, -0.2) is 5.43 Å². The van der Waals surface area contributed by atoms with Crippen molar-refractivity contribution >= 4 is 34.8 Å². The van der Waals surface area contributed by atoms with Gasteiger partial charge in [-0.15, -0.1) is 0 Å². The first-order chi connectivity index (χ1) is 19.6. The van der Waals surface area contributed by atoms with Gasteiger partial charge in [0.1, 0.15) is 5.76 Å². The zero-order valence-corrected chi connectivity index (χ0v) is 22.6. The average Bonchev–Trinajstić information content (AvgIpc) is 3.31. The van der Waals surface area contributed by atoms with Crippen molar-refractivity contribution in [2.24, 2.45) is 5.10 Å². The topological polar surface area (TPSA) is 83.7 Å². The summed E-state index contributed by atoms with van der Waals surface area (Å²) in [5.74, 6) is -1.19. The molecule has 0 saturated heterocycles. The van der Waals surface area contributed by atoms with Gasteiger partial charge >= 0.3 is 6.18 Å². The third-order valence-electron chi connectivity index (χ3n) is 6.90. The number of alkyl halides is 3. The molecule has 0 fully saturated rings. The number of nitrogens with zero attached hydrogens (tertiary/aromatic N) is 1. The maximum Gasteiger partial charge on any atom is 0.416 e. The number of nitrogens with one attached hydrogen (secondary N) is 2. The van der Waals surface area contributed by atoms with Gasteiger partial charge in [0.15, 0.2) is 5.76 Å². The molecule has 2 amide bonds. The lowest BCUT2D eigenvalue weighted by Crippen LogP contribution is -2.28. The van der Waals surface area contributed by atoms with Crippen LogP contribution in [0.2, 0.25) is 5.02 Å². The highest BCUT2D eigenvalue weighted by molar-refractivity contribution is 6.34. The molecular formula is C31H25ClF3N3O3.